The Hall–Kier alpha value is -0.860. The summed E-state index contributed by atoms with van der Waals surface area (Å²) < 4.78 is 5.37. The van der Waals surface area contributed by atoms with Crippen molar-refractivity contribution in [1.29, 1.82) is 0 Å². The number of nitrogens with zero attached hydrogens (tertiary/aromatic N) is 2. The quantitative estimate of drug-likeness (QED) is 0.400. The zero-order chi connectivity index (χ0) is 16.5. The maximum absolute atomic E-state index is 5.37. The van der Waals surface area contributed by atoms with E-state index in [0.717, 1.165) is 51.9 Å². The number of ether oxygens (including phenoxy) is 1. The van der Waals surface area contributed by atoms with Gasteiger partial charge >= 0.3 is 0 Å². The molecule has 0 atom stereocenters. The molecular weight excluding hydrogens is 415 g/mol. The van der Waals surface area contributed by atoms with E-state index in [1.165, 1.54) is 16.7 Å². The van der Waals surface area contributed by atoms with Gasteiger partial charge in [-0.2, -0.15) is 0 Å². The number of hydrogen-bond donors (Lipinski definition) is 2. The van der Waals surface area contributed by atoms with Gasteiger partial charge in [0.2, 0.25) is 0 Å². The Kier molecular flexibility index (Phi) is 10.3. The van der Waals surface area contributed by atoms with Crippen molar-refractivity contribution in [1.82, 2.24) is 15.5 Å². The van der Waals surface area contributed by atoms with Crippen LogP contribution in [0.1, 0.15) is 23.6 Å². The molecule has 0 radical (unpaired) electrons. The summed E-state index contributed by atoms with van der Waals surface area (Å²) in [6.45, 7) is 13.6. The Morgan fingerprint density at radius 1 is 1.21 bits per heavy atom. The van der Waals surface area contributed by atoms with Crippen molar-refractivity contribution in [2.75, 3.05) is 45.9 Å². The molecule has 1 heterocycles. The van der Waals surface area contributed by atoms with E-state index in [1.54, 1.807) is 0 Å². The van der Waals surface area contributed by atoms with Crippen molar-refractivity contribution in [2.24, 2.45) is 4.99 Å². The number of morpholine rings is 1. The van der Waals surface area contributed by atoms with Gasteiger partial charge < -0.3 is 15.4 Å². The first-order valence-electron chi connectivity index (χ1n) is 8.57. The molecule has 24 heavy (non-hydrogen) atoms. The highest BCUT2D eigenvalue weighted by molar-refractivity contribution is 14.0. The SMILES string of the molecule is CCNC(=NCc1ccc(C)cc1C)NCCN1CCOCC1.I. The third kappa shape index (κ3) is 7.36. The number of hydrogen-bond acceptors (Lipinski definition) is 3. The molecule has 0 amide bonds. The van der Waals surface area contributed by atoms with Crippen LogP contribution in [0.3, 0.4) is 0 Å². The smallest absolute Gasteiger partial charge is 0.191 e. The highest BCUT2D eigenvalue weighted by Crippen LogP contribution is 2.11. The minimum Gasteiger partial charge on any atom is -0.379 e. The lowest BCUT2D eigenvalue weighted by Crippen LogP contribution is -2.44. The van der Waals surface area contributed by atoms with Crippen LogP contribution < -0.4 is 10.6 Å². The molecular formula is C18H31IN4O. The van der Waals surface area contributed by atoms with Crippen molar-refractivity contribution < 1.29 is 4.74 Å². The van der Waals surface area contributed by atoms with Crippen LogP contribution in [-0.4, -0.2) is 56.8 Å². The van der Waals surface area contributed by atoms with Crippen molar-refractivity contribution in [3.63, 3.8) is 0 Å². The summed E-state index contributed by atoms with van der Waals surface area (Å²) in [4.78, 5) is 7.13. The molecule has 0 saturated carbocycles. The largest absolute Gasteiger partial charge is 0.379 e. The molecule has 136 valence electrons. The Balaban J connectivity index is 0.00000288. The van der Waals surface area contributed by atoms with Crippen LogP contribution in [0.25, 0.3) is 0 Å². The maximum atomic E-state index is 5.37. The highest BCUT2D eigenvalue weighted by atomic mass is 127. The third-order valence-corrected chi connectivity index (χ3v) is 4.07. The average Bonchev–Trinajstić information content (AvgIpc) is 2.55. The van der Waals surface area contributed by atoms with Crippen molar-refractivity contribution >= 4 is 29.9 Å². The van der Waals surface area contributed by atoms with Crippen LogP contribution in [-0.2, 0) is 11.3 Å². The predicted molar refractivity (Wildman–Crippen MR) is 111 cm³/mol. The Morgan fingerprint density at radius 3 is 2.62 bits per heavy atom. The highest BCUT2D eigenvalue weighted by Gasteiger charge is 2.09. The molecule has 6 heteroatoms. The Labute approximate surface area is 163 Å². The molecule has 1 saturated heterocycles. The van der Waals surface area contributed by atoms with E-state index in [4.69, 9.17) is 9.73 Å². The summed E-state index contributed by atoms with van der Waals surface area (Å²) in [6, 6.07) is 6.53. The molecule has 2 N–H and O–H groups in total. The Morgan fingerprint density at radius 2 is 1.96 bits per heavy atom. The molecule has 1 fully saturated rings. The summed E-state index contributed by atoms with van der Waals surface area (Å²) in [7, 11) is 0. The lowest BCUT2D eigenvalue weighted by Gasteiger charge is -2.26. The van der Waals surface area contributed by atoms with Gasteiger partial charge in [-0.25, -0.2) is 4.99 Å². The minimum absolute atomic E-state index is 0. The molecule has 0 bridgehead atoms. The monoisotopic (exact) mass is 446 g/mol. The van der Waals surface area contributed by atoms with E-state index in [2.05, 4.69) is 54.5 Å². The van der Waals surface area contributed by atoms with Crippen LogP contribution in [0.15, 0.2) is 23.2 Å². The second-order valence-corrected chi connectivity index (χ2v) is 6.01. The lowest BCUT2D eigenvalue weighted by atomic mass is 10.1. The first-order valence-corrected chi connectivity index (χ1v) is 8.57. The zero-order valence-electron chi connectivity index (χ0n) is 15.1. The summed E-state index contributed by atoms with van der Waals surface area (Å²) >= 11 is 0. The van der Waals surface area contributed by atoms with Gasteiger partial charge in [0.05, 0.1) is 19.8 Å². The zero-order valence-corrected chi connectivity index (χ0v) is 17.4. The summed E-state index contributed by atoms with van der Waals surface area (Å²) in [5.74, 6) is 0.890. The predicted octanol–water partition coefficient (Wildman–Crippen LogP) is 2.31. The summed E-state index contributed by atoms with van der Waals surface area (Å²) in [5, 5.41) is 6.74. The molecule has 1 aliphatic heterocycles. The second-order valence-electron chi connectivity index (χ2n) is 6.01. The molecule has 0 unspecified atom stereocenters. The summed E-state index contributed by atoms with van der Waals surface area (Å²) in [5.41, 5.74) is 3.88. The fourth-order valence-electron chi connectivity index (χ4n) is 2.69. The van der Waals surface area contributed by atoms with Gasteiger partial charge in [-0.15, -0.1) is 24.0 Å². The van der Waals surface area contributed by atoms with Gasteiger partial charge in [0, 0.05) is 32.7 Å². The summed E-state index contributed by atoms with van der Waals surface area (Å²) in [6.07, 6.45) is 0. The third-order valence-electron chi connectivity index (χ3n) is 4.07. The van der Waals surface area contributed by atoms with E-state index in [-0.39, 0.29) is 24.0 Å². The molecule has 0 spiro atoms. The molecule has 1 aromatic rings. The van der Waals surface area contributed by atoms with E-state index in [9.17, 15) is 0 Å². The lowest BCUT2D eigenvalue weighted by molar-refractivity contribution is 0.0389. The standard InChI is InChI=1S/C18H30N4O.HI/c1-4-19-18(20-7-8-22-9-11-23-12-10-22)21-14-17-6-5-15(2)13-16(17)3;/h5-6,13H,4,7-12,14H2,1-3H3,(H2,19,20,21);1H. The first kappa shape index (κ1) is 21.2. The topological polar surface area (TPSA) is 48.9 Å². The second kappa shape index (κ2) is 11.7. The van der Waals surface area contributed by atoms with E-state index in [1.807, 2.05) is 0 Å². The molecule has 0 aromatic heterocycles. The molecule has 1 aromatic carbocycles. The molecule has 5 nitrogen and oxygen atoms in total. The van der Waals surface area contributed by atoms with E-state index in [0.29, 0.717) is 6.54 Å². The van der Waals surface area contributed by atoms with E-state index < -0.39 is 0 Å². The normalized spacial score (nSPS) is 15.7. The van der Waals surface area contributed by atoms with Gasteiger partial charge in [-0.1, -0.05) is 23.8 Å². The number of aryl methyl sites for hydroxylation is 2. The fraction of sp³-hybridized carbons (Fsp3) is 0.611. The number of guanidine groups is 1. The van der Waals surface area contributed by atoms with Gasteiger partial charge in [-0.3, -0.25) is 4.90 Å². The Bertz CT molecular complexity index is 516. The van der Waals surface area contributed by atoms with Gasteiger partial charge in [0.1, 0.15) is 0 Å². The molecule has 0 aliphatic carbocycles. The van der Waals surface area contributed by atoms with Gasteiger partial charge in [0.25, 0.3) is 0 Å². The number of rotatable bonds is 6. The van der Waals surface area contributed by atoms with Crippen molar-refractivity contribution in [3.8, 4) is 0 Å². The van der Waals surface area contributed by atoms with Crippen LogP contribution in [0.2, 0.25) is 0 Å². The molecule has 1 aliphatic rings. The van der Waals surface area contributed by atoms with Crippen LogP contribution >= 0.6 is 24.0 Å². The number of nitrogens with one attached hydrogen (secondary N) is 2. The maximum Gasteiger partial charge on any atom is 0.191 e. The van der Waals surface area contributed by atoms with Crippen molar-refractivity contribution in [3.05, 3.63) is 34.9 Å². The van der Waals surface area contributed by atoms with E-state index >= 15 is 0 Å². The van der Waals surface area contributed by atoms with Gasteiger partial charge in [0.15, 0.2) is 5.96 Å². The minimum atomic E-state index is 0. The van der Waals surface area contributed by atoms with Crippen molar-refractivity contribution in [2.45, 2.75) is 27.3 Å². The fourth-order valence-corrected chi connectivity index (χ4v) is 2.69. The van der Waals surface area contributed by atoms with Gasteiger partial charge in [-0.05, 0) is 31.9 Å². The van der Waals surface area contributed by atoms with Crippen LogP contribution in [0.5, 0.6) is 0 Å². The molecule has 2 rings (SSSR count). The number of benzene rings is 1. The van der Waals surface area contributed by atoms with Crippen LogP contribution in [0, 0.1) is 13.8 Å². The average molecular weight is 446 g/mol. The number of aliphatic imine (C=N–C) groups is 1. The van der Waals surface area contributed by atoms with Crippen LogP contribution in [0.4, 0.5) is 0 Å². The number of halogens is 1. The first-order chi connectivity index (χ1) is 11.2.